The fourth-order valence-corrected chi connectivity index (χ4v) is 1.77. The predicted octanol–water partition coefficient (Wildman–Crippen LogP) is 4.01. The van der Waals surface area contributed by atoms with Crippen molar-refractivity contribution in [3.63, 3.8) is 0 Å². The number of hydrogen-bond acceptors (Lipinski definition) is 1. The Morgan fingerprint density at radius 3 is 2.11 bits per heavy atom. The van der Waals surface area contributed by atoms with Gasteiger partial charge in [-0.15, -0.1) is 0 Å². The lowest BCUT2D eigenvalue weighted by molar-refractivity contribution is 0.219. The van der Waals surface area contributed by atoms with Gasteiger partial charge in [-0.2, -0.15) is 0 Å². The van der Waals surface area contributed by atoms with Crippen molar-refractivity contribution in [2.75, 3.05) is 0 Å². The minimum absolute atomic E-state index is 0.0129. The molecule has 4 heteroatoms. The van der Waals surface area contributed by atoms with Crippen LogP contribution in [0.5, 0.6) is 0 Å². The molecule has 0 bridgehead atoms. The van der Waals surface area contributed by atoms with Crippen molar-refractivity contribution in [3.8, 4) is 0 Å². The normalized spacial score (nSPS) is 12.5. The number of hydrogen-bond donors (Lipinski definition) is 1. The highest BCUT2D eigenvalue weighted by Crippen LogP contribution is 2.26. The van der Waals surface area contributed by atoms with Crippen LogP contribution in [-0.2, 0) is 0 Å². The van der Waals surface area contributed by atoms with E-state index in [9.17, 15) is 13.9 Å². The van der Waals surface area contributed by atoms with Gasteiger partial charge in [0.05, 0.1) is 5.02 Å². The number of halogens is 3. The van der Waals surface area contributed by atoms with E-state index in [1.54, 1.807) is 19.1 Å². The molecule has 1 unspecified atom stereocenters. The number of aliphatic hydroxyl groups excluding tert-OH is 1. The Labute approximate surface area is 109 Å². The van der Waals surface area contributed by atoms with E-state index in [0.29, 0.717) is 16.7 Å². The first-order chi connectivity index (χ1) is 8.49. The summed E-state index contributed by atoms with van der Waals surface area (Å²) in [6, 6.07) is 8.43. The van der Waals surface area contributed by atoms with E-state index in [0.717, 1.165) is 6.07 Å². The molecule has 0 aliphatic heterocycles. The van der Waals surface area contributed by atoms with Crippen LogP contribution in [-0.4, -0.2) is 5.11 Å². The zero-order valence-electron chi connectivity index (χ0n) is 9.62. The van der Waals surface area contributed by atoms with Crippen LogP contribution < -0.4 is 0 Å². The zero-order chi connectivity index (χ0) is 13.3. The average molecular weight is 269 g/mol. The van der Waals surface area contributed by atoms with Crippen molar-refractivity contribution in [1.82, 2.24) is 0 Å². The van der Waals surface area contributed by atoms with Crippen LogP contribution in [0.3, 0.4) is 0 Å². The molecule has 0 aliphatic rings. The van der Waals surface area contributed by atoms with Gasteiger partial charge >= 0.3 is 0 Å². The maximum Gasteiger partial charge on any atom is 0.142 e. The maximum atomic E-state index is 13.4. The second-order valence-corrected chi connectivity index (χ2v) is 4.49. The second kappa shape index (κ2) is 5.04. The molecule has 0 spiro atoms. The van der Waals surface area contributed by atoms with Gasteiger partial charge in [-0.1, -0.05) is 29.8 Å². The molecular formula is C14H11ClF2O. The van der Waals surface area contributed by atoms with Gasteiger partial charge in [-0.05, 0) is 41.8 Å². The molecule has 2 aromatic rings. The monoisotopic (exact) mass is 268 g/mol. The second-order valence-electron chi connectivity index (χ2n) is 4.08. The summed E-state index contributed by atoms with van der Waals surface area (Å²) in [5.74, 6) is -1.01. The van der Waals surface area contributed by atoms with Crippen LogP contribution in [0.4, 0.5) is 8.78 Å². The fourth-order valence-electron chi connectivity index (χ4n) is 1.65. The molecule has 1 nitrogen and oxygen atoms in total. The lowest BCUT2D eigenvalue weighted by Crippen LogP contribution is -2.01. The highest BCUT2D eigenvalue weighted by molar-refractivity contribution is 6.30. The smallest absolute Gasteiger partial charge is 0.142 e. The molecule has 0 aromatic heterocycles. The molecule has 0 radical (unpaired) electrons. The van der Waals surface area contributed by atoms with Crippen molar-refractivity contribution < 1.29 is 13.9 Å². The fraction of sp³-hybridized carbons (Fsp3) is 0.143. The van der Waals surface area contributed by atoms with Crippen LogP contribution in [0.15, 0.2) is 36.4 Å². The Balaban J connectivity index is 2.37. The topological polar surface area (TPSA) is 20.2 Å². The third-order valence-electron chi connectivity index (χ3n) is 2.77. The summed E-state index contributed by atoms with van der Waals surface area (Å²) in [6.45, 7) is 1.63. The maximum absolute atomic E-state index is 13.4. The van der Waals surface area contributed by atoms with E-state index in [1.165, 1.54) is 18.2 Å². The van der Waals surface area contributed by atoms with Crippen LogP contribution in [0.1, 0.15) is 22.8 Å². The Kier molecular flexibility index (Phi) is 3.64. The van der Waals surface area contributed by atoms with Crippen molar-refractivity contribution >= 4 is 11.6 Å². The Bertz CT molecular complexity index is 533. The largest absolute Gasteiger partial charge is 0.384 e. The summed E-state index contributed by atoms with van der Waals surface area (Å²) >= 11 is 5.56. The standard InChI is InChI=1S/C14H11ClF2O/c1-8-2-3-9(6-12(8)16)14(18)10-4-5-11(15)13(17)7-10/h2-7,14,18H,1H3. The first-order valence-electron chi connectivity index (χ1n) is 5.38. The summed E-state index contributed by atoms with van der Waals surface area (Å²) in [5, 5.41) is 10.0. The van der Waals surface area contributed by atoms with Crippen molar-refractivity contribution in [2.45, 2.75) is 13.0 Å². The van der Waals surface area contributed by atoms with Crippen molar-refractivity contribution in [2.24, 2.45) is 0 Å². The molecule has 94 valence electrons. The molecule has 0 fully saturated rings. The molecule has 2 rings (SSSR count). The van der Waals surface area contributed by atoms with Gasteiger partial charge in [0.25, 0.3) is 0 Å². The van der Waals surface area contributed by atoms with E-state index in [4.69, 9.17) is 11.6 Å². The van der Waals surface area contributed by atoms with Gasteiger partial charge in [0.15, 0.2) is 0 Å². The quantitative estimate of drug-likeness (QED) is 0.873. The minimum atomic E-state index is -1.08. The van der Waals surface area contributed by atoms with Gasteiger partial charge < -0.3 is 5.11 Å². The number of benzene rings is 2. The van der Waals surface area contributed by atoms with Gasteiger partial charge in [0.2, 0.25) is 0 Å². The zero-order valence-corrected chi connectivity index (χ0v) is 10.4. The highest BCUT2D eigenvalue weighted by atomic mass is 35.5. The van der Waals surface area contributed by atoms with Gasteiger partial charge in [0.1, 0.15) is 17.7 Å². The molecule has 18 heavy (non-hydrogen) atoms. The third kappa shape index (κ3) is 2.52. The molecule has 0 heterocycles. The SMILES string of the molecule is Cc1ccc(C(O)c2ccc(Cl)c(F)c2)cc1F. The Morgan fingerprint density at radius 1 is 1.00 bits per heavy atom. The predicted molar refractivity (Wildman–Crippen MR) is 66.6 cm³/mol. The Hall–Kier alpha value is -1.45. The number of aryl methyl sites for hydroxylation is 1. The van der Waals surface area contributed by atoms with Gasteiger partial charge in [-0.3, -0.25) is 0 Å². The van der Waals surface area contributed by atoms with Crippen molar-refractivity contribution in [3.05, 3.63) is 69.7 Å². The lowest BCUT2D eigenvalue weighted by atomic mass is 10.0. The number of rotatable bonds is 2. The van der Waals surface area contributed by atoms with E-state index in [-0.39, 0.29) is 5.02 Å². The highest BCUT2D eigenvalue weighted by Gasteiger charge is 2.13. The molecule has 2 aromatic carbocycles. The molecule has 0 aliphatic carbocycles. The van der Waals surface area contributed by atoms with Crippen LogP contribution in [0, 0.1) is 18.6 Å². The third-order valence-corrected chi connectivity index (χ3v) is 3.08. The summed E-state index contributed by atoms with van der Waals surface area (Å²) in [5.41, 5.74) is 1.20. The van der Waals surface area contributed by atoms with Crippen LogP contribution in [0.2, 0.25) is 5.02 Å². The van der Waals surface area contributed by atoms with E-state index < -0.39 is 17.7 Å². The van der Waals surface area contributed by atoms with Crippen LogP contribution in [0.25, 0.3) is 0 Å². The van der Waals surface area contributed by atoms with E-state index in [2.05, 4.69) is 0 Å². The van der Waals surface area contributed by atoms with Gasteiger partial charge in [0, 0.05) is 0 Å². The summed E-state index contributed by atoms with van der Waals surface area (Å²) < 4.78 is 26.7. The average Bonchev–Trinajstić information content (AvgIpc) is 2.35. The van der Waals surface area contributed by atoms with Gasteiger partial charge in [-0.25, -0.2) is 8.78 Å². The molecule has 1 atom stereocenters. The lowest BCUT2D eigenvalue weighted by Gasteiger charge is -2.12. The molecule has 1 N–H and O–H groups in total. The van der Waals surface area contributed by atoms with E-state index in [1.807, 2.05) is 0 Å². The minimum Gasteiger partial charge on any atom is -0.384 e. The first kappa shape index (κ1) is 13.0. The molecule has 0 saturated heterocycles. The summed E-state index contributed by atoms with van der Waals surface area (Å²) in [4.78, 5) is 0. The summed E-state index contributed by atoms with van der Waals surface area (Å²) in [7, 11) is 0. The van der Waals surface area contributed by atoms with Crippen molar-refractivity contribution in [1.29, 1.82) is 0 Å². The van der Waals surface area contributed by atoms with Crippen LogP contribution >= 0.6 is 11.6 Å². The Morgan fingerprint density at radius 2 is 1.56 bits per heavy atom. The number of aliphatic hydroxyl groups is 1. The molecule has 0 saturated carbocycles. The van der Waals surface area contributed by atoms with E-state index >= 15 is 0 Å². The molecule has 0 amide bonds. The summed E-state index contributed by atoms with van der Waals surface area (Å²) in [6.07, 6.45) is -1.08. The first-order valence-corrected chi connectivity index (χ1v) is 5.76. The molecular weight excluding hydrogens is 258 g/mol.